The topological polar surface area (TPSA) is 61.5 Å². The Bertz CT molecular complexity index is 444. The zero-order valence-electron chi connectivity index (χ0n) is 5.39. The highest BCUT2D eigenvalue weighted by molar-refractivity contribution is 9.10. The predicted molar refractivity (Wildman–Crippen MR) is 44.4 cm³/mol. The van der Waals surface area contributed by atoms with E-state index in [2.05, 4.69) is 30.9 Å². The fraction of sp³-hybridized carbons (Fsp3) is 0. The van der Waals surface area contributed by atoms with Gasteiger partial charge in [0.05, 0.1) is 17.2 Å². The van der Waals surface area contributed by atoms with Crippen molar-refractivity contribution in [3.63, 3.8) is 0 Å². The van der Waals surface area contributed by atoms with Gasteiger partial charge in [0.15, 0.2) is 0 Å². The summed E-state index contributed by atoms with van der Waals surface area (Å²) in [5.41, 5.74) is 1.27. The molecule has 2 N–H and O–H groups in total. The molecule has 2 rings (SSSR count). The normalized spacial score (nSPS) is 10.6. The van der Waals surface area contributed by atoms with Gasteiger partial charge in [0, 0.05) is 0 Å². The van der Waals surface area contributed by atoms with Gasteiger partial charge < -0.3 is 9.97 Å². The van der Waals surface area contributed by atoms with Crippen LogP contribution in [0.5, 0.6) is 0 Å². The average Bonchev–Trinajstić information content (AvgIpc) is 2.27. The molecule has 0 aromatic carbocycles. The van der Waals surface area contributed by atoms with Crippen LogP contribution in [0.1, 0.15) is 0 Å². The molecule has 0 bridgehead atoms. The van der Waals surface area contributed by atoms with Crippen LogP contribution >= 0.6 is 15.9 Å². The highest BCUT2D eigenvalue weighted by Crippen LogP contribution is 2.10. The number of halogens is 1. The molecule has 0 aliphatic rings. The van der Waals surface area contributed by atoms with Crippen molar-refractivity contribution in [1.29, 1.82) is 0 Å². The van der Waals surface area contributed by atoms with E-state index in [4.69, 9.17) is 0 Å². The fourth-order valence-electron chi connectivity index (χ4n) is 0.909. The minimum absolute atomic E-state index is 0.208. The predicted octanol–water partition coefficient (Wildman–Crippen LogP) is 1.01. The number of H-pyrrole nitrogens is 2. The lowest BCUT2D eigenvalue weighted by Crippen LogP contribution is -1.99. The van der Waals surface area contributed by atoms with E-state index in [1.54, 1.807) is 12.3 Å². The van der Waals surface area contributed by atoms with Crippen molar-refractivity contribution < 1.29 is 0 Å². The Morgan fingerprint density at radius 3 is 2.91 bits per heavy atom. The maximum absolute atomic E-state index is 10.7. The number of rotatable bonds is 0. The van der Waals surface area contributed by atoms with E-state index in [0.717, 1.165) is 11.0 Å². The highest BCUT2D eigenvalue weighted by Gasteiger charge is 1.97. The Morgan fingerprint density at radius 2 is 2.09 bits per heavy atom. The highest BCUT2D eigenvalue weighted by atomic mass is 79.9. The number of pyridine rings is 1. The van der Waals surface area contributed by atoms with Crippen LogP contribution < -0.4 is 5.69 Å². The van der Waals surface area contributed by atoms with Crippen LogP contribution in [-0.4, -0.2) is 15.0 Å². The number of imidazole rings is 1. The lowest BCUT2D eigenvalue weighted by molar-refractivity contribution is 1.21. The third-order valence-electron chi connectivity index (χ3n) is 1.37. The standard InChI is InChI=1S/C6H4BrN3O/c7-5-1-3-4(2-8-5)10-6(11)9-3/h1-2H,(H2,9,10,11). The van der Waals surface area contributed by atoms with Crippen LogP contribution in [0.15, 0.2) is 21.7 Å². The van der Waals surface area contributed by atoms with E-state index in [9.17, 15) is 4.79 Å². The molecule has 0 aliphatic heterocycles. The summed E-state index contributed by atoms with van der Waals surface area (Å²) >= 11 is 3.19. The number of fused-ring (bicyclic) bond motifs is 1. The molecule has 0 aliphatic carbocycles. The molecule has 0 saturated heterocycles. The maximum Gasteiger partial charge on any atom is 0.323 e. The van der Waals surface area contributed by atoms with Gasteiger partial charge in [-0.3, -0.25) is 0 Å². The second-order valence-electron chi connectivity index (χ2n) is 2.13. The van der Waals surface area contributed by atoms with Crippen LogP contribution in [0.4, 0.5) is 0 Å². The zero-order valence-corrected chi connectivity index (χ0v) is 6.97. The van der Waals surface area contributed by atoms with Gasteiger partial charge in [-0.2, -0.15) is 0 Å². The number of hydrogen-bond acceptors (Lipinski definition) is 2. The molecule has 0 fully saturated rings. The van der Waals surface area contributed by atoms with Crippen LogP contribution in [0.25, 0.3) is 11.0 Å². The van der Waals surface area contributed by atoms with E-state index in [0.29, 0.717) is 4.60 Å². The molecule has 5 heteroatoms. The third kappa shape index (κ3) is 1.07. The summed E-state index contributed by atoms with van der Waals surface area (Å²) < 4.78 is 0.709. The first-order valence-electron chi connectivity index (χ1n) is 2.99. The number of aromatic amines is 2. The molecule has 0 saturated carbocycles. The van der Waals surface area contributed by atoms with E-state index in [1.807, 2.05) is 0 Å². The molecule has 56 valence electrons. The van der Waals surface area contributed by atoms with Crippen molar-refractivity contribution in [2.24, 2.45) is 0 Å². The molecule has 0 unspecified atom stereocenters. The summed E-state index contributed by atoms with van der Waals surface area (Å²) in [6.45, 7) is 0. The molecule has 2 aromatic rings. The Kier molecular flexibility index (Phi) is 1.32. The quantitative estimate of drug-likeness (QED) is 0.643. The summed E-state index contributed by atoms with van der Waals surface area (Å²) in [6.07, 6.45) is 1.59. The largest absolute Gasteiger partial charge is 0.323 e. The van der Waals surface area contributed by atoms with Gasteiger partial charge in [-0.1, -0.05) is 0 Å². The minimum atomic E-state index is -0.208. The van der Waals surface area contributed by atoms with Crippen molar-refractivity contribution in [3.8, 4) is 0 Å². The van der Waals surface area contributed by atoms with E-state index in [1.165, 1.54) is 0 Å². The lowest BCUT2D eigenvalue weighted by atomic mass is 10.4. The number of nitrogens with zero attached hydrogens (tertiary/aromatic N) is 1. The summed E-state index contributed by atoms with van der Waals surface area (Å²) in [5.74, 6) is 0. The molecule has 0 radical (unpaired) electrons. The smallest absolute Gasteiger partial charge is 0.306 e. The van der Waals surface area contributed by atoms with Crippen LogP contribution in [0.2, 0.25) is 0 Å². The Labute approximate surface area is 69.8 Å². The zero-order chi connectivity index (χ0) is 7.84. The van der Waals surface area contributed by atoms with Gasteiger partial charge >= 0.3 is 5.69 Å². The second kappa shape index (κ2) is 2.20. The van der Waals surface area contributed by atoms with Gasteiger partial charge in [0.25, 0.3) is 0 Å². The molecule has 2 heterocycles. The molecular formula is C6H4BrN3O. The molecular weight excluding hydrogens is 210 g/mol. The van der Waals surface area contributed by atoms with Gasteiger partial charge in [0.2, 0.25) is 0 Å². The summed E-state index contributed by atoms with van der Waals surface area (Å²) in [4.78, 5) is 19.9. The molecule has 2 aromatic heterocycles. The van der Waals surface area contributed by atoms with Crippen molar-refractivity contribution in [3.05, 3.63) is 27.4 Å². The first-order chi connectivity index (χ1) is 5.25. The van der Waals surface area contributed by atoms with Crippen molar-refractivity contribution in [2.75, 3.05) is 0 Å². The average molecular weight is 214 g/mol. The number of aromatic nitrogens is 3. The van der Waals surface area contributed by atoms with Gasteiger partial charge in [0.1, 0.15) is 4.60 Å². The summed E-state index contributed by atoms with van der Waals surface area (Å²) in [5, 5.41) is 0. The van der Waals surface area contributed by atoms with Gasteiger partial charge in [-0.25, -0.2) is 9.78 Å². The van der Waals surface area contributed by atoms with E-state index >= 15 is 0 Å². The lowest BCUT2D eigenvalue weighted by Gasteiger charge is -1.87. The van der Waals surface area contributed by atoms with Crippen molar-refractivity contribution >= 4 is 27.0 Å². The van der Waals surface area contributed by atoms with E-state index in [-0.39, 0.29) is 5.69 Å². The summed E-state index contributed by atoms with van der Waals surface area (Å²) in [6, 6.07) is 1.74. The molecule has 11 heavy (non-hydrogen) atoms. The van der Waals surface area contributed by atoms with Crippen LogP contribution in [0, 0.1) is 0 Å². The fourth-order valence-corrected chi connectivity index (χ4v) is 1.24. The van der Waals surface area contributed by atoms with Crippen LogP contribution in [-0.2, 0) is 0 Å². The summed E-state index contributed by atoms with van der Waals surface area (Å²) in [7, 11) is 0. The second-order valence-corrected chi connectivity index (χ2v) is 2.94. The number of nitrogens with one attached hydrogen (secondary N) is 2. The molecule has 0 amide bonds. The van der Waals surface area contributed by atoms with Crippen LogP contribution in [0.3, 0.4) is 0 Å². The maximum atomic E-state index is 10.7. The Balaban J connectivity index is 2.92. The SMILES string of the molecule is O=c1[nH]c2cnc(Br)cc2[nH]1. The molecule has 0 spiro atoms. The first kappa shape index (κ1) is 6.60. The Hall–Kier alpha value is -1.10. The van der Waals surface area contributed by atoms with Crippen molar-refractivity contribution in [2.45, 2.75) is 0 Å². The van der Waals surface area contributed by atoms with Gasteiger partial charge in [-0.15, -0.1) is 0 Å². The molecule has 4 nitrogen and oxygen atoms in total. The van der Waals surface area contributed by atoms with Crippen molar-refractivity contribution in [1.82, 2.24) is 15.0 Å². The number of hydrogen-bond donors (Lipinski definition) is 2. The van der Waals surface area contributed by atoms with E-state index < -0.39 is 0 Å². The van der Waals surface area contributed by atoms with Gasteiger partial charge in [-0.05, 0) is 22.0 Å². The Morgan fingerprint density at radius 1 is 1.36 bits per heavy atom. The third-order valence-corrected chi connectivity index (χ3v) is 1.80. The molecule has 0 atom stereocenters. The monoisotopic (exact) mass is 213 g/mol. The minimum Gasteiger partial charge on any atom is -0.306 e. The first-order valence-corrected chi connectivity index (χ1v) is 3.78.